The fraction of sp³-hybridized carbons (Fsp3) is 0.571. The van der Waals surface area contributed by atoms with E-state index in [-0.39, 0.29) is 18.5 Å². The van der Waals surface area contributed by atoms with Crippen LogP contribution in [0.3, 0.4) is 0 Å². The van der Waals surface area contributed by atoms with Crippen LogP contribution in [0.4, 0.5) is 10.1 Å². The molecule has 2 N–H and O–H groups in total. The molecule has 0 saturated carbocycles. The number of aliphatic hydroxyl groups excluding tert-OH is 2. The Bertz CT molecular complexity index is 422. The molecule has 100 valence electrons. The van der Waals surface area contributed by atoms with E-state index in [0.717, 1.165) is 13.0 Å². The predicted molar refractivity (Wildman–Crippen MR) is 69.0 cm³/mol. The van der Waals surface area contributed by atoms with Crippen LogP contribution >= 0.6 is 0 Å². The Morgan fingerprint density at radius 1 is 1.50 bits per heavy atom. The van der Waals surface area contributed by atoms with E-state index < -0.39 is 6.10 Å². The molecule has 1 saturated heterocycles. The van der Waals surface area contributed by atoms with E-state index >= 15 is 0 Å². The maximum absolute atomic E-state index is 14.1. The topological polar surface area (TPSA) is 43.7 Å². The second kappa shape index (κ2) is 5.24. The smallest absolute Gasteiger partial charge is 0.146 e. The molecule has 1 heterocycles. The molecule has 0 radical (unpaired) electrons. The first-order valence-corrected chi connectivity index (χ1v) is 6.39. The highest BCUT2D eigenvalue weighted by molar-refractivity contribution is 5.51. The molecule has 2 rings (SSSR count). The molecule has 0 bridgehead atoms. The molecule has 0 aromatic heterocycles. The Balaban J connectivity index is 2.28. The summed E-state index contributed by atoms with van der Waals surface area (Å²) in [4.78, 5) is 1.92. The Hall–Kier alpha value is -1.13. The minimum Gasteiger partial charge on any atom is -0.394 e. The van der Waals surface area contributed by atoms with Crippen molar-refractivity contribution in [1.82, 2.24) is 0 Å². The first-order valence-electron chi connectivity index (χ1n) is 6.39. The van der Waals surface area contributed by atoms with Gasteiger partial charge in [-0.2, -0.15) is 0 Å². The summed E-state index contributed by atoms with van der Waals surface area (Å²) < 4.78 is 14.1. The Morgan fingerprint density at radius 2 is 2.22 bits per heavy atom. The molecular weight excluding hydrogens is 233 g/mol. The SMILES string of the molecule is CC1CCN(c2ccc([C@@H](C)O)cc2F)C1CO. The molecule has 18 heavy (non-hydrogen) atoms. The van der Waals surface area contributed by atoms with Crippen LogP contribution in [0, 0.1) is 11.7 Å². The van der Waals surface area contributed by atoms with Crippen LogP contribution < -0.4 is 4.90 Å². The molecule has 3 atom stereocenters. The molecule has 1 aromatic carbocycles. The first-order chi connectivity index (χ1) is 8.54. The van der Waals surface area contributed by atoms with Gasteiger partial charge in [0.25, 0.3) is 0 Å². The fourth-order valence-corrected chi connectivity index (χ4v) is 2.60. The molecule has 1 fully saturated rings. The van der Waals surface area contributed by atoms with Gasteiger partial charge in [-0.3, -0.25) is 0 Å². The van der Waals surface area contributed by atoms with E-state index in [0.29, 0.717) is 17.2 Å². The lowest BCUT2D eigenvalue weighted by Crippen LogP contribution is -2.35. The van der Waals surface area contributed by atoms with E-state index in [2.05, 4.69) is 6.92 Å². The number of hydrogen-bond donors (Lipinski definition) is 2. The highest BCUT2D eigenvalue weighted by Gasteiger charge is 2.32. The van der Waals surface area contributed by atoms with Crippen LogP contribution in [0.2, 0.25) is 0 Å². The quantitative estimate of drug-likeness (QED) is 0.867. The zero-order chi connectivity index (χ0) is 13.3. The number of rotatable bonds is 3. The average molecular weight is 253 g/mol. The summed E-state index contributed by atoms with van der Waals surface area (Å²) in [5, 5.41) is 18.8. The van der Waals surface area contributed by atoms with Gasteiger partial charge < -0.3 is 15.1 Å². The largest absolute Gasteiger partial charge is 0.394 e. The van der Waals surface area contributed by atoms with Gasteiger partial charge >= 0.3 is 0 Å². The molecular formula is C14H20FNO2. The van der Waals surface area contributed by atoms with Crippen molar-refractivity contribution in [2.45, 2.75) is 32.4 Å². The maximum Gasteiger partial charge on any atom is 0.146 e. The van der Waals surface area contributed by atoms with Crippen LogP contribution in [-0.2, 0) is 0 Å². The first kappa shape index (κ1) is 13.3. The molecule has 4 heteroatoms. The number of nitrogens with zero attached hydrogens (tertiary/aromatic N) is 1. The second-order valence-corrected chi connectivity index (χ2v) is 5.10. The number of aliphatic hydroxyl groups is 2. The normalized spacial score (nSPS) is 25.5. The fourth-order valence-electron chi connectivity index (χ4n) is 2.60. The number of halogens is 1. The molecule has 0 spiro atoms. The highest BCUT2D eigenvalue weighted by Crippen LogP contribution is 2.32. The molecule has 1 aliphatic rings. The van der Waals surface area contributed by atoms with Crippen molar-refractivity contribution in [3.8, 4) is 0 Å². The van der Waals surface area contributed by atoms with Gasteiger partial charge in [-0.05, 0) is 37.0 Å². The van der Waals surface area contributed by atoms with E-state index in [9.17, 15) is 14.6 Å². The predicted octanol–water partition coefficient (Wildman–Crippen LogP) is 2.09. The third-order valence-corrected chi connectivity index (χ3v) is 3.83. The summed E-state index contributed by atoms with van der Waals surface area (Å²) >= 11 is 0. The molecule has 2 unspecified atom stereocenters. The van der Waals surface area contributed by atoms with E-state index in [1.807, 2.05) is 4.90 Å². The van der Waals surface area contributed by atoms with Crippen molar-refractivity contribution in [2.75, 3.05) is 18.1 Å². The van der Waals surface area contributed by atoms with Crippen molar-refractivity contribution in [3.05, 3.63) is 29.6 Å². The molecule has 1 aromatic rings. The summed E-state index contributed by atoms with van der Waals surface area (Å²) in [5.74, 6) is 0.0341. The van der Waals surface area contributed by atoms with Crippen LogP contribution in [0.1, 0.15) is 31.9 Å². The number of anilines is 1. The van der Waals surface area contributed by atoms with Gasteiger partial charge in [0, 0.05) is 6.54 Å². The van der Waals surface area contributed by atoms with Crippen molar-refractivity contribution >= 4 is 5.69 Å². The second-order valence-electron chi connectivity index (χ2n) is 5.10. The van der Waals surface area contributed by atoms with E-state index in [1.165, 1.54) is 6.07 Å². The van der Waals surface area contributed by atoms with Crippen molar-refractivity contribution in [2.24, 2.45) is 5.92 Å². The van der Waals surface area contributed by atoms with Crippen LogP contribution in [0.15, 0.2) is 18.2 Å². The monoisotopic (exact) mass is 253 g/mol. The van der Waals surface area contributed by atoms with Crippen LogP contribution in [0.5, 0.6) is 0 Å². The zero-order valence-electron chi connectivity index (χ0n) is 10.8. The summed E-state index contributed by atoms with van der Waals surface area (Å²) in [6, 6.07) is 4.78. The Morgan fingerprint density at radius 3 is 2.78 bits per heavy atom. The lowest BCUT2D eigenvalue weighted by molar-refractivity contribution is 0.199. The summed E-state index contributed by atoms with van der Waals surface area (Å²) in [7, 11) is 0. The highest BCUT2D eigenvalue weighted by atomic mass is 19.1. The van der Waals surface area contributed by atoms with E-state index in [1.54, 1.807) is 19.1 Å². The number of hydrogen-bond acceptors (Lipinski definition) is 3. The average Bonchev–Trinajstić information content (AvgIpc) is 2.70. The van der Waals surface area contributed by atoms with Gasteiger partial charge in [0.1, 0.15) is 5.82 Å². The lowest BCUT2D eigenvalue weighted by Gasteiger charge is -2.28. The molecule has 0 amide bonds. The van der Waals surface area contributed by atoms with Gasteiger partial charge in [-0.25, -0.2) is 4.39 Å². The lowest BCUT2D eigenvalue weighted by atomic mass is 10.0. The van der Waals surface area contributed by atoms with Gasteiger partial charge in [-0.1, -0.05) is 13.0 Å². The third kappa shape index (κ3) is 2.35. The standard InChI is InChI=1S/C14H20FNO2/c1-9-5-6-16(14(9)8-17)13-4-3-11(10(2)18)7-12(13)15/h3-4,7,9-10,14,17-18H,5-6,8H2,1-2H3/t9?,10-,14?/m1/s1. The third-order valence-electron chi connectivity index (χ3n) is 3.83. The van der Waals surface area contributed by atoms with Crippen LogP contribution in [-0.4, -0.2) is 29.4 Å². The molecule has 1 aliphatic heterocycles. The Labute approximate surface area is 107 Å². The van der Waals surface area contributed by atoms with Crippen molar-refractivity contribution < 1.29 is 14.6 Å². The summed E-state index contributed by atoms with van der Waals surface area (Å²) in [5.41, 5.74) is 1.09. The Kier molecular flexibility index (Phi) is 3.88. The molecule has 0 aliphatic carbocycles. The minimum atomic E-state index is -0.667. The van der Waals surface area contributed by atoms with E-state index in [4.69, 9.17) is 0 Å². The number of benzene rings is 1. The van der Waals surface area contributed by atoms with Gasteiger partial charge in [-0.15, -0.1) is 0 Å². The van der Waals surface area contributed by atoms with Crippen LogP contribution in [0.25, 0.3) is 0 Å². The zero-order valence-corrected chi connectivity index (χ0v) is 10.8. The summed E-state index contributed by atoms with van der Waals surface area (Å²) in [6.45, 7) is 4.49. The van der Waals surface area contributed by atoms with Crippen molar-refractivity contribution in [1.29, 1.82) is 0 Å². The van der Waals surface area contributed by atoms with Gasteiger partial charge in [0.2, 0.25) is 0 Å². The van der Waals surface area contributed by atoms with Crippen molar-refractivity contribution in [3.63, 3.8) is 0 Å². The van der Waals surface area contributed by atoms with Gasteiger partial charge in [0.05, 0.1) is 24.4 Å². The minimum absolute atomic E-state index is 0.0168. The van der Waals surface area contributed by atoms with Gasteiger partial charge in [0.15, 0.2) is 0 Å². The summed E-state index contributed by atoms with van der Waals surface area (Å²) in [6.07, 6.45) is 0.294. The molecule has 3 nitrogen and oxygen atoms in total. The maximum atomic E-state index is 14.1.